The number of hydrogen-bond donors (Lipinski definition) is 2. The van der Waals surface area contributed by atoms with Crippen molar-refractivity contribution in [2.75, 3.05) is 4.90 Å². The van der Waals surface area contributed by atoms with Gasteiger partial charge in [-0.15, -0.1) is 0 Å². The second-order valence-electron chi connectivity index (χ2n) is 7.15. The number of amides is 1. The van der Waals surface area contributed by atoms with Crippen LogP contribution in [0.3, 0.4) is 0 Å². The molecule has 0 saturated heterocycles. The van der Waals surface area contributed by atoms with Gasteiger partial charge in [-0.25, -0.2) is 13.6 Å². The maximum absolute atomic E-state index is 12.9. The van der Waals surface area contributed by atoms with Crippen LogP contribution in [-0.4, -0.2) is 30.2 Å². The number of aliphatic hydroxyl groups excluding tert-OH is 1. The van der Waals surface area contributed by atoms with Gasteiger partial charge in [0.15, 0.2) is 11.5 Å². The van der Waals surface area contributed by atoms with Crippen molar-refractivity contribution in [1.29, 1.82) is 0 Å². The Morgan fingerprint density at radius 1 is 1.21 bits per heavy atom. The molecule has 9 heteroatoms. The number of hydrogen-bond acceptors (Lipinski definition) is 6. The summed E-state index contributed by atoms with van der Waals surface area (Å²) in [5, 5.41) is 15.6. The third-order valence-corrected chi connectivity index (χ3v) is 5.44. The smallest absolute Gasteiger partial charge is 0.294 e. The summed E-state index contributed by atoms with van der Waals surface area (Å²) < 4.78 is 23.0. The van der Waals surface area contributed by atoms with E-state index in [-0.39, 0.29) is 28.6 Å². The molecule has 1 aromatic heterocycles. The highest BCUT2D eigenvalue weighted by molar-refractivity contribution is 7.89. The first kappa shape index (κ1) is 20.7. The van der Waals surface area contributed by atoms with Gasteiger partial charge in [-0.1, -0.05) is 19.9 Å². The van der Waals surface area contributed by atoms with E-state index >= 15 is 0 Å². The molecule has 29 heavy (non-hydrogen) atoms. The number of benzene rings is 1. The number of carbonyl (C=O) groups excluding carboxylic acids is 2. The molecule has 2 aromatic rings. The highest BCUT2D eigenvalue weighted by atomic mass is 32.2. The van der Waals surface area contributed by atoms with E-state index in [1.807, 2.05) is 13.8 Å². The normalized spacial score (nSPS) is 17.3. The van der Waals surface area contributed by atoms with Gasteiger partial charge in [-0.3, -0.25) is 19.5 Å². The van der Waals surface area contributed by atoms with Crippen LogP contribution in [0.5, 0.6) is 0 Å². The van der Waals surface area contributed by atoms with E-state index < -0.39 is 27.7 Å². The number of aromatic nitrogens is 1. The summed E-state index contributed by atoms with van der Waals surface area (Å²) in [6, 6.07) is 9.48. The monoisotopic (exact) mass is 415 g/mol. The van der Waals surface area contributed by atoms with Crippen LogP contribution >= 0.6 is 0 Å². The Bertz CT molecular complexity index is 1080. The molecule has 1 atom stereocenters. The molecule has 0 radical (unpaired) electrons. The van der Waals surface area contributed by atoms with Crippen molar-refractivity contribution < 1.29 is 23.1 Å². The molecule has 1 unspecified atom stereocenters. The molecule has 1 aliphatic rings. The van der Waals surface area contributed by atoms with Crippen molar-refractivity contribution in [2.24, 2.45) is 11.1 Å². The van der Waals surface area contributed by atoms with Gasteiger partial charge in [0, 0.05) is 18.3 Å². The van der Waals surface area contributed by atoms with Gasteiger partial charge in [0.1, 0.15) is 6.04 Å². The van der Waals surface area contributed by atoms with Gasteiger partial charge in [-0.2, -0.15) is 0 Å². The number of pyridine rings is 1. The summed E-state index contributed by atoms with van der Waals surface area (Å²) in [5.41, 5.74) is 0.697. The number of Topliss-reactive ketones (excluding diaryl/α,β-unsaturated/α-hetero) is 1. The van der Waals surface area contributed by atoms with Gasteiger partial charge in [0.25, 0.3) is 5.91 Å². The maximum Gasteiger partial charge on any atom is 0.294 e. The fraction of sp³-hybridized carbons (Fsp3) is 0.250. The Hall–Kier alpha value is -3.04. The van der Waals surface area contributed by atoms with Crippen molar-refractivity contribution in [3.8, 4) is 0 Å². The summed E-state index contributed by atoms with van der Waals surface area (Å²) in [6.07, 6.45) is 1.69. The largest absolute Gasteiger partial charge is 0.503 e. The van der Waals surface area contributed by atoms with E-state index in [2.05, 4.69) is 4.98 Å². The molecule has 8 nitrogen and oxygen atoms in total. The van der Waals surface area contributed by atoms with E-state index in [4.69, 9.17) is 5.14 Å². The highest BCUT2D eigenvalue weighted by Crippen LogP contribution is 2.41. The molecule has 0 spiro atoms. The molecule has 0 fully saturated rings. The van der Waals surface area contributed by atoms with Gasteiger partial charge < -0.3 is 5.11 Å². The van der Waals surface area contributed by atoms with Crippen molar-refractivity contribution in [1.82, 2.24) is 4.98 Å². The summed E-state index contributed by atoms with van der Waals surface area (Å²) in [7, 11) is -3.90. The molecule has 0 bridgehead atoms. The minimum atomic E-state index is -3.90. The lowest BCUT2D eigenvalue weighted by atomic mass is 9.94. The van der Waals surface area contributed by atoms with Crippen molar-refractivity contribution in [3.05, 3.63) is 65.7 Å². The van der Waals surface area contributed by atoms with Crippen LogP contribution < -0.4 is 10.0 Å². The Kier molecular flexibility index (Phi) is 5.54. The molecule has 1 aromatic carbocycles. The molecule has 3 rings (SSSR count). The predicted octanol–water partition coefficient (Wildman–Crippen LogP) is 2.24. The zero-order chi connectivity index (χ0) is 21.3. The average Bonchev–Trinajstić information content (AvgIpc) is 2.92. The number of rotatable bonds is 6. The van der Waals surface area contributed by atoms with Gasteiger partial charge in [0.2, 0.25) is 10.0 Å². The number of sulfonamides is 1. The number of nitrogens with zero attached hydrogens (tertiary/aromatic N) is 2. The molecular weight excluding hydrogens is 394 g/mol. The Morgan fingerprint density at radius 2 is 1.86 bits per heavy atom. The molecule has 0 aliphatic carbocycles. The summed E-state index contributed by atoms with van der Waals surface area (Å²) in [5.74, 6) is -1.69. The topological polar surface area (TPSA) is 131 Å². The van der Waals surface area contributed by atoms with E-state index in [1.165, 1.54) is 35.4 Å². The summed E-state index contributed by atoms with van der Waals surface area (Å²) >= 11 is 0. The lowest BCUT2D eigenvalue weighted by Gasteiger charge is -2.26. The molecule has 1 amide bonds. The number of aliphatic hydroxyl groups is 1. The van der Waals surface area contributed by atoms with Crippen LogP contribution in [0.4, 0.5) is 5.69 Å². The maximum atomic E-state index is 12.9. The standard InChI is InChI=1S/C20H21N3O5S/c1-12(2)11-16(24)17-18(15-5-3-4-10-22-15)23(20(26)19(17)25)13-6-8-14(9-7-13)29(21,27)28/h3-10,12,18,25H,11H2,1-2H3,(H2,21,27,28). The second-order valence-corrected chi connectivity index (χ2v) is 8.72. The Labute approximate surface area is 168 Å². The minimum Gasteiger partial charge on any atom is -0.503 e. The number of nitrogens with two attached hydrogens (primary N) is 1. The molecule has 3 N–H and O–H groups in total. The van der Waals surface area contributed by atoms with Crippen molar-refractivity contribution >= 4 is 27.4 Å². The SMILES string of the molecule is CC(C)CC(=O)C1=C(O)C(=O)N(c2ccc(S(N)(=O)=O)cc2)C1c1ccccn1. The highest BCUT2D eigenvalue weighted by Gasteiger charge is 2.44. The number of ketones is 1. The molecule has 1 aliphatic heterocycles. The number of primary sulfonamides is 1. The average molecular weight is 415 g/mol. The number of anilines is 1. The van der Waals surface area contributed by atoms with Crippen LogP contribution in [-0.2, 0) is 19.6 Å². The van der Waals surface area contributed by atoms with E-state index in [1.54, 1.807) is 18.2 Å². The van der Waals surface area contributed by atoms with Crippen LogP contribution in [0, 0.1) is 5.92 Å². The Balaban J connectivity index is 2.11. The first-order valence-electron chi connectivity index (χ1n) is 8.95. The predicted molar refractivity (Wildman–Crippen MR) is 106 cm³/mol. The first-order chi connectivity index (χ1) is 13.6. The van der Waals surface area contributed by atoms with Crippen molar-refractivity contribution in [3.63, 3.8) is 0 Å². The summed E-state index contributed by atoms with van der Waals surface area (Å²) in [6.45, 7) is 3.73. The molecule has 2 heterocycles. The Morgan fingerprint density at radius 3 is 2.38 bits per heavy atom. The minimum absolute atomic E-state index is 0.0158. The van der Waals surface area contributed by atoms with E-state index in [0.29, 0.717) is 11.4 Å². The zero-order valence-electron chi connectivity index (χ0n) is 15.9. The fourth-order valence-corrected chi connectivity index (χ4v) is 3.77. The third kappa shape index (κ3) is 4.06. The lowest BCUT2D eigenvalue weighted by molar-refractivity contribution is -0.118. The molecular formula is C20H21N3O5S. The quantitative estimate of drug-likeness (QED) is 0.744. The second kappa shape index (κ2) is 7.76. The van der Waals surface area contributed by atoms with E-state index in [9.17, 15) is 23.1 Å². The van der Waals surface area contributed by atoms with Gasteiger partial charge >= 0.3 is 0 Å². The third-order valence-electron chi connectivity index (χ3n) is 4.51. The lowest BCUT2D eigenvalue weighted by Crippen LogP contribution is -2.31. The molecule has 0 saturated carbocycles. The number of carbonyl (C=O) groups is 2. The van der Waals surface area contributed by atoms with Gasteiger partial charge in [0.05, 0.1) is 16.2 Å². The summed E-state index contributed by atoms with van der Waals surface area (Å²) in [4.78, 5) is 31.1. The zero-order valence-corrected chi connectivity index (χ0v) is 16.8. The fourth-order valence-electron chi connectivity index (χ4n) is 3.25. The van der Waals surface area contributed by atoms with Crippen LogP contribution in [0.1, 0.15) is 32.0 Å². The molecule has 152 valence electrons. The van der Waals surface area contributed by atoms with Crippen LogP contribution in [0.2, 0.25) is 0 Å². The van der Waals surface area contributed by atoms with E-state index in [0.717, 1.165) is 0 Å². The van der Waals surface area contributed by atoms with Crippen LogP contribution in [0.25, 0.3) is 0 Å². The van der Waals surface area contributed by atoms with Crippen LogP contribution in [0.15, 0.2) is 64.9 Å². The van der Waals surface area contributed by atoms with Crippen molar-refractivity contribution in [2.45, 2.75) is 31.2 Å². The van der Waals surface area contributed by atoms with Gasteiger partial charge in [-0.05, 0) is 42.3 Å². The first-order valence-corrected chi connectivity index (χ1v) is 10.5.